The molecule has 4 aliphatic rings. The van der Waals surface area contributed by atoms with Crippen LogP contribution >= 0.6 is 0 Å². The van der Waals surface area contributed by atoms with E-state index in [0.29, 0.717) is 47.2 Å². The number of hydrogen-bond donors (Lipinski definition) is 1. The van der Waals surface area contributed by atoms with Gasteiger partial charge in [0.05, 0.1) is 6.10 Å². The van der Waals surface area contributed by atoms with Crippen molar-refractivity contribution in [2.75, 3.05) is 0 Å². The van der Waals surface area contributed by atoms with Crippen molar-refractivity contribution in [1.82, 2.24) is 0 Å². The van der Waals surface area contributed by atoms with E-state index in [1.54, 1.807) is 5.57 Å². The normalized spacial score (nSPS) is 40.4. The standard InChI is InChI=1S/C29H46O2/c1-7-20(18(2)3)16-27(31)19(4)24-10-11-25-23-9-8-21-17-22(30)12-14-28(21,5)26(23)13-15-29(24,25)6/h13,17-20,23-25,27,31H,7-12,14-16H2,1-6H3/t19-,20+,23?,24+,25?,27+,28-,29+/m0/s1. The van der Waals surface area contributed by atoms with Crippen LogP contribution in [0.4, 0.5) is 0 Å². The zero-order valence-corrected chi connectivity index (χ0v) is 20.9. The van der Waals surface area contributed by atoms with E-state index in [9.17, 15) is 9.90 Å². The second-order valence-corrected chi connectivity index (χ2v) is 12.3. The summed E-state index contributed by atoms with van der Waals surface area (Å²) >= 11 is 0. The maximum absolute atomic E-state index is 12.1. The Hall–Kier alpha value is -0.890. The van der Waals surface area contributed by atoms with Crippen molar-refractivity contribution >= 4 is 5.78 Å². The number of hydrogen-bond acceptors (Lipinski definition) is 2. The number of rotatable bonds is 6. The fourth-order valence-corrected chi connectivity index (χ4v) is 8.46. The first-order chi connectivity index (χ1) is 14.6. The molecule has 4 aliphatic carbocycles. The average Bonchev–Trinajstić information content (AvgIpc) is 3.08. The van der Waals surface area contributed by atoms with Gasteiger partial charge < -0.3 is 5.11 Å². The minimum atomic E-state index is -0.180. The third kappa shape index (κ3) is 3.79. The number of aliphatic hydroxyl groups is 1. The van der Waals surface area contributed by atoms with Crippen LogP contribution in [0.2, 0.25) is 0 Å². The Morgan fingerprint density at radius 1 is 1.13 bits per heavy atom. The summed E-state index contributed by atoms with van der Waals surface area (Å²) in [6.07, 6.45) is 14.3. The van der Waals surface area contributed by atoms with Gasteiger partial charge in [-0.2, -0.15) is 0 Å². The van der Waals surface area contributed by atoms with Gasteiger partial charge in [0.15, 0.2) is 5.78 Å². The number of allylic oxidation sites excluding steroid dienone is 4. The van der Waals surface area contributed by atoms with Crippen LogP contribution < -0.4 is 0 Å². The second-order valence-electron chi connectivity index (χ2n) is 12.3. The smallest absolute Gasteiger partial charge is 0.155 e. The van der Waals surface area contributed by atoms with E-state index in [1.807, 2.05) is 6.08 Å². The zero-order valence-electron chi connectivity index (χ0n) is 20.9. The van der Waals surface area contributed by atoms with Crippen LogP contribution in [0, 0.1) is 46.3 Å². The summed E-state index contributed by atoms with van der Waals surface area (Å²) in [6, 6.07) is 0. The van der Waals surface area contributed by atoms with Crippen molar-refractivity contribution in [2.45, 2.75) is 105 Å². The summed E-state index contributed by atoms with van der Waals surface area (Å²) in [7, 11) is 0. The lowest BCUT2D eigenvalue weighted by Gasteiger charge is -2.54. The second kappa shape index (κ2) is 8.47. The maximum atomic E-state index is 12.1. The Balaban J connectivity index is 1.55. The molecule has 0 aromatic heterocycles. The van der Waals surface area contributed by atoms with Crippen LogP contribution in [0.15, 0.2) is 23.3 Å². The van der Waals surface area contributed by atoms with Gasteiger partial charge in [-0.25, -0.2) is 0 Å². The van der Waals surface area contributed by atoms with Crippen molar-refractivity contribution < 1.29 is 9.90 Å². The van der Waals surface area contributed by atoms with Crippen molar-refractivity contribution in [3.8, 4) is 0 Å². The Bertz CT molecular complexity index is 761. The molecule has 8 atom stereocenters. The molecule has 2 saturated carbocycles. The van der Waals surface area contributed by atoms with Gasteiger partial charge in [-0.1, -0.05) is 65.2 Å². The van der Waals surface area contributed by atoms with Crippen LogP contribution in [0.1, 0.15) is 99.3 Å². The molecule has 2 nitrogen and oxygen atoms in total. The molecular formula is C29H46O2. The van der Waals surface area contributed by atoms with Crippen molar-refractivity contribution in [2.24, 2.45) is 46.3 Å². The Kier molecular flexibility index (Phi) is 6.36. The highest BCUT2D eigenvalue weighted by molar-refractivity contribution is 5.92. The van der Waals surface area contributed by atoms with E-state index in [2.05, 4.69) is 47.6 Å². The van der Waals surface area contributed by atoms with E-state index in [-0.39, 0.29) is 11.5 Å². The van der Waals surface area contributed by atoms with Gasteiger partial charge in [-0.3, -0.25) is 4.79 Å². The van der Waals surface area contributed by atoms with Gasteiger partial charge >= 0.3 is 0 Å². The summed E-state index contributed by atoms with van der Waals surface area (Å²) < 4.78 is 0. The molecular weight excluding hydrogens is 380 g/mol. The molecule has 0 radical (unpaired) electrons. The number of aliphatic hydroxyl groups excluding tert-OH is 1. The van der Waals surface area contributed by atoms with E-state index in [0.717, 1.165) is 38.0 Å². The minimum Gasteiger partial charge on any atom is -0.393 e. The van der Waals surface area contributed by atoms with Crippen molar-refractivity contribution in [3.05, 3.63) is 23.3 Å². The summed E-state index contributed by atoms with van der Waals surface area (Å²) in [5.41, 5.74) is 3.52. The quantitative estimate of drug-likeness (QED) is 0.459. The molecule has 2 heteroatoms. The summed E-state index contributed by atoms with van der Waals surface area (Å²) in [5, 5.41) is 11.2. The highest BCUT2D eigenvalue weighted by Gasteiger charge is 2.57. The van der Waals surface area contributed by atoms with Crippen LogP contribution in [0.5, 0.6) is 0 Å². The molecule has 0 spiro atoms. The summed E-state index contributed by atoms with van der Waals surface area (Å²) in [4.78, 5) is 12.1. The van der Waals surface area contributed by atoms with Crippen LogP contribution in [-0.4, -0.2) is 17.0 Å². The van der Waals surface area contributed by atoms with Gasteiger partial charge in [-0.15, -0.1) is 0 Å². The first-order valence-corrected chi connectivity index (χ1v) is 13.2. The van der Waals surface area contributed by atoms with E-state index in [1.165, 1.54) is 24.8 Å². The van der Waals surface area contributed by atoms with Crippen LogP contribution in [0.3, 0.4) is 0 Å². The lowest BCUT2D eigenvalue weighted by molar-refractivity contribution is -0.115. The monoisotopic (exact) mass is 426 g/mol. The topological polar surface area (TPSA) is 37.3 Å². The number of carbonyl (C=O) groups is 1. The third-order valence-corrected chi connectivity index (χ3v) is 10.7. The SMILES string of the molecule is CC[C@H](C[C@@H](O)[C@@H](C)[C@H]1CCC2C3CCC4=CC(=O)CC[C@]4(C)C3=CC[C@@]21C)C(C)C. The maximum Gasteiger partial charge on any atom is 0.155 e. The zero-order chi connectivity index (χ0) is 22.6. The lowest BCUT2D eigenvalue weighted by Crippen LogP contribution is -2.46. The average molecular weight is 427 g/mol. The van der Waals surface area contributed by atoms with Gasteiger partial charge in [0.2, 0.25) is 0 Å². The molecule has 0 saturated heterocycles. The van der Waals surface area contributed by atoms with Crippen molar-refractivity contribution in [3.63, 3.8) is 0 Å². The van der Waals surface area contributed by atoms with Crippen LogP contribution in [-0.2, 0) is 4.79 Å². The van der Waals surface area contributed by atoms with Crippen LogP contribution in [0.25, 0.3) is 0 Å². The summed E-state index contributed by atoms with van der Waals surface area (Å²) in [5.74, 6) is 4.03. The van der Waals surface area contributed by atoms with E-state index >= 15 is 0 Å². The van der Waals surface area contributed by atoms with Gasteiger partial charge in [0.25, 0.3) is 0 Å². The van der Waals surface area contributed by atoms with Gasteiger partial charge in [0.1, 0.15) is 0 Å². The van der Waals surface area contributed by atoms with E-state index < -0.39 is 0 Å². The third-order valence-electron chi connectivity index (χ3n) is 10.7. The molecule has 0 aromatic rings. The number of fused-ring (bicyclic) bond motifs is 5. The number of ketones is 1. The molecule has 174 valence electrons. The molecule has 2 fully saturated rings. The first-order valence-electron chi connectivity index (χ1n) is 13.2. The van der Waals surface area contributed by atoms with Gasteiger partial charge in [-0.05, 0) is 91.9 Å². The first kappa shape index (κ1) is 23.3. The number of carbonyl (C=O) groups excluding carboxylic acids is 1. The molecule has 0 aromatic carbocycles. The highest BCUT2D eigenvalue weighted by atomic mass is 16.3. The predicted octanol–water partition coefficient (Wildman–Crippen LogP) is 7.12. The molecule has 0 aliphatic heterocycles. The van der Waals surface area contributed by atoms with Crippen molar-refractivity contribution in [1.29, 1.82) is 0 Å². The lowest BCUT2D eigenvalue weighted by atomic mass is 9.50. The Labute approximate surface area is 191 Å². The fourth-order valence-electron chi connectivity index (χ4n) is 8.46. The molecule has 0 amide bonds. The fraction of sp³-hybridized carbons (Fsp3) is 0.828. The molecule has 0 heterocycles. The predicted molar refractivity (Wildman–Crippen MR) is 129 cm³/mol. The molecule has 2 unspecified atom stereocenters. The minimum absolute atomic E-state index is 0.132. The molecule has 1 N–H and O–H groups in total. The molecule has 0 bridgehead atoms. The Morgan fingerprint density at radius 2 is 1.87 bits per heavy atom. The van der Waals surface area contributed by atoms with E-state index in [4.69, 9.17) is 0 Å². The highest BCUT2D eigenvalue weighted by Crippen LogP contribution is 2.65. The molecule has 4 rings (SSSR count). The Morgan fingerprint density at radius 3 is 2.55 bits per heavy atom. The largest absolute Gasteiger partial charge is 0.393 e. The summed E-state index contributed by atoms with van der Waals surface area (Å²) in [6.45, 7) is 14.2. The van der Waals surface area contributed by atoms with Gasteiger partial charge in [0, 0.05) is 11.8 Å². The molecule has 31 heavy (non-hydrogen) atoms.